The highest BCUT2D eigenvalue weighted by Gasteiger charge is 2.30. The second-order valence-electron chi connectivity index (χ2n) is 3.08. The molecule has 0 atom stereocenters. The van der Waals surface area contributed by atoms with Gasteiger partial charge in [0.2, 0.25) is 0 Å². The lowest BCUT2D eigenvalue weighted by Gasteiger charge is -2.05. The smallest absolute Gasteiger partial charge is 0.306 e. The highest BCUT2D eigenvalue weighted by atomic mass is 35.5. The van der Waals surface area contributed by atoms with Crippen molar-refractivity contribution in [1.82, 2.24) is 9.38 Å². The van der Waals surface area contributed by atoms with Gasteiger partial charge in [0.05, 0.1) is 5.56 Å². The van der Waals surface area contributed by atoms with Crippen LogP contribution in [0, 0.1) is 0 Å². The summed E-state index contributed by atoms with van der Waals surface area (Å²) in [7, 11) is 0. The van der Waals surface area contributed by atoms with Crippen molar-refractivity contribution in [3.05, 3.63) is 35.8 Å². The molecule has 0 unspecified atom stereocenters. The Kier molecular flexibility index (Phi) is 2.38. The van der Waals surface area contributed by atoms with E-state index in [4.69, 9.17) is 11.6 Å². The molecule has 84 valence electrons. The van der Waals surface area contributed by atoms with Crippen LogP contribution in [0.1, 0.15) is 16.1 Å². The van der Waals surface area contributed by atoms with E-state index >= 15 is 0 Å². The molecule has 0 radical (unpaired) electrons. The fourth-order valence-corrected chi connectivity index (χ4v) is 1.35. The summed E-state index contributed by atoms with van der Waals surface area (Å²) in [5.74, 6) is 0. The number of nitrogens with zero attached hydrogens (tertiary/aromatic N) is 2. The molecule has 0 saturated heterocycles. The first kappa shape index (κ1) is 10.9. The molecule has 0 aliphatic carbocycles. The topological polar surface area (TPSA) is 34.4 Å². The van der Waals surface area contributed by atoms with Gasteiger partial charge in [-0.3, -0.25) is 4.79 Å². The highest BCUT2D eigenvalue weighted by molar-refractivity contribution is 6.67. The maximum Gasteiger partial charge on any atom is 0.417 e. The third-order valence-corrected chi connectivity index (χ3v) is 2.17. The van der Waals surface area contributed by atoms with E-state index in [0.29, 0.717) is 0 Å². The average Bonchev–Trinajstić information content (AvgIpc) is 2.58. The molecule has 3 nitrogen and oxygen atoms in total. The molecule has 0 N–H and O–H groups in total. The lowest BCUT2D eigenvalue weighted by Crippen LogP contribution is -2.05. The van der Waals surface area contributed by atoms with Crippen LogP contribution < -0.4 is 0 Å². The summed E-state index contributed by atoms with van der Waals surface area (Å²) in [5, 5.41) is -0.808. The quantitative estimate of drug-likeness (QED) is 0.727. The summed E-state index contributed by atoms with van der Waals surface area (Å²) in [5.41, 5.74) is -0.663. The molecule has 7 heteroatoms. The average molecular weight is 249 g/mol. The summed E-state index contributed by atoms with van der Waals surface area (Å²) in [4.78, 5) is 14.5. The molecule has 0 aliphatic rings. The van der Waals surface area contributed by atoms with E-state index in [1.165, 1.54) is 6.07 Å². The molecule has 0 saturated carbocycles. The number of pyridine rings is 1. The van der Waals surface area contributed by atoms with E-state index in [1.54, 1.807) is 0 Å². The minimum atomic E-state index is -4.43. The van der Waals surface area contributed by atoms with Gasteiger partial charge in [-0.1, -0.05) is 0 Å². The number of hydrogen-bond donors (Lipinski definition) is 0. The van der Waals surface area contributed by atoms with Crippen molar-refractivity contribution in [3.8, 4) is 0 Å². The monoisotopic (exact) mass is 248 g/mol. The second kappa shape index (κ2) is 3.48. The van der Waals surface area contributed by atoms with Crippen molar-refractivity contribution in [1.29, 1.82) is 0 Å². The number of imidazole rings is 1. The molecule has 2 rings (SSSR count). The fourth-order valence-electron chi connectivity index (χ4n) is 1.25. The van der Waals surface area contributed by atoms with E-state index in [1.807, 2.05) is 0 Å². The molecular formula is C9H4ClF3N2O. The van der Waals surface area contributed by atoms with Crippen molar-refractivity contribution in [3.63, 3.8) is 0 Å². The van der Waals surface area contributed by atoms with Crippen LogP contribution >= 0.6 is 11.6 Å². The number of carbonyl (C=O) groups is 1. The molecule has 2 heterocycles. The summed E-state index contributed by atoms with van der Waals surface area (Å²) in [6.07, 6.45) is -2.42. The first-order chi connectivity index (χ1) is 7.38. The zero-order valence-corrected chi connectivity index (χ0v) is 8.38. The van der Waals surface area contributed by atoms with E-state index in [-0.39, 0.29) is 11.3 Å². The third-order valence-electron chi connectivity index (χ3n) is 1.98. The van der Waals surface area contributed by atoms with Gasteiger partial charge in [0.15, 0.2) is 0 Å². The van der Waals surface area contributed by atoms with Gasteiger partial charge in [0, 0.05) is 12.4 Å². The number of halogens is 4. The van der Waals surface area contributed by atoms with Gasteiger partial charge < -0.3 is 4.40 Å². The van der Waals surface area contributed by atoms with Crippen molar-refractivity contribution < 1.29 is 18.0 Å². The largest absolute Gasteiger partial charge is 0.417 e. The van der Waals surface area contributed by atoms with Crippen LogP contribution in [0.25, 0.3) is 5.65 Å². The number of rotatable bonds is 1. The normalized spacial score (nSPS) is 12.0. The zero-order chi connectivity index (χ0) is 11.9. The summed E-state index contributed by atoms with van der Waals surface area (Å²) < 4.78 is 38.2. The fraction of sp³-hybridized carbons (Fsp3) is 0.111. The molecule has 0 aliphatic heterocycles. The standard InChI is InChI=1S/C9H4ClF3N2O/c10-8(16)6-4-15-3-5(9(11,12)13)1-2-7(15)14-6/h1-4H. The van der Waals surface area contributed by atoms with Crippen LogP contribution in [-0.2, 0) is 6.18 Å². The number of fused-ring (bicyclic) bond motifs is 1. The zero-order valence-electron chi connectivity index (χ0n) is 7.62. The predicted octanol–water partition coefficient (Wildman–Crippen LogP) is 2.73. The Balaban J connectivity index is 2.58. The van der Waals surface area contributed by atoms with Gasteiger partial charge in [0.1, 0.15) is 11.3 Å². The molecular weight excluding hydrogens is 245 g/mol. The Morgan fingerprint density at radius 3 is 2.56 bits per heavy atom. The minimum absolute atomic E-state index is 0.0824. The molecule has 2 aromatic rings. The molecule has 2 aromatic heterocycles. The van der Waals surface area contributed by atoms with Crippen LogP contribution in [0.15, 0.2) is 24.5 Å². The van der Waals surface area contributed by atoms with Crippen LogP contribution in [0.5, 0.6) is 0 Å². The van der Waals surface area contributed by atoms with Gasteiger partial charge in [-0.15, -0.1) is 0 Å². The first-order valence-electron chi connectivity index (χ1n) is 4.14. The van der Waals surface area contributed by atoms with Crippen LogP contribution in [0.2, 0.25) is 0 Å². The second-order valence-corrected chi connectivity index (χ2v) is 3.42. The number of carbonyl (C=O) groups excluding carboxylic acids is 1. The highest BCUT2D eigenvalue weighted by Crippen LogP contribution is 2.29. The number of alkyl halides is 3. The van der Waals surface area contributed by atoms with E-state index < -0.39 is 17.0 Å². The summed E-state index contributed by atoms with van der Waals surface area (Å²) >= 11 is 5.17. The summed E-state index contributed by atoms with van der Waals surface area (Å²) in [6, 6.07) is 2.07. The van der Waals surface area contributed by atoms with Gasteiger partial charge in [-0.05, 0) is 23.7 Å². The SMILES string of the molecule is O=C(Cl)c1cn2cc(C(F)(F)F)ccc2n1. The molecule has 0 bridgehead atoms. The predicted molar refractivity (Wildman–Crippen MR) is 50.4 cm³/mol. The lowest BCUT2D eigenvalue weighted by atomic mass is 10.3. The molecule has 0 amide bonds. The van der Waals surface area contributed by atoms with Crippen molar-refractivity contribution in [2.75, 3.05) is 0 Å². The Bertz CT molecular complexity index is 561. The number of aromatic nitrogens is 2. The maximum atomic E-state index is 12.4. The maximum absolute atomic E-state index is 12.4. The van der Waals surface area contributed by atoms with Crippen LogP contribution in [-0.4, -0.2) is 14.6 Å². The van der Waals surface area contributed by atoms with E-state index in [0.717, 1.165) is 22.9 Å². The van der Waals surface area contributed by atoms with Crippen molar-refractivity contribution in [2.24, 2.45) is 0 Å². The Morgan fingerprint density at radius 2 is 2.00 bits per heavy atom. The Hall–Kier alpha value is -1.56. The minimum Gasteiger partial charge on any atom is -0.306 e. The van der Waals surface area contributed by atoms with Crippen LogP contribution in [0.4, 0.5) is 13.2 Å². The van der Waals surface area contributed by atoms with Gasteiger partial charge >= 0.3 is 6.18 Å². The molecule has 16 heavy (non-hydrogen) atoms. The molecule has 0 spiro atoms. The first-order valence-corrected chi connectivity index (χ1v) is 4.51. The van der Waals surface area contributed by atoms with Gasteiger partial charge in [-0.2, -0.15) is 13.2 Å². The van der Waals surface area contributed by atoms with Gasteiger partial charge in [0.25, 0.3) is 5.24 Å². The van der Waals surface area contributed by atoms with E-state index in [2.05, 4.69) is 4.98 Å². The van der Waals surface area contributed by atoms with E-state index in [9.17, 15) is 18.0 Å². The third kappa shape index (κ3) is 1.88. The Labute approximate surface area is 92.5 Å². The van der Waals surface area contributed by atoms with Gasteiger partial charge in [-0.25, -0.2) is 4.98 Å². The number of hydrogen-bond acceptors (Lipinski definition) is 2. The molecule has 0 fully saturated rings. The Morgan fingerprint density at radius 1 is 1.31 bits per heavy atom. The summed E-state index contributed by atoms with van der Waals surface area (Å²) in [6.45, 7) is 0. The van der Waals surface area contributed by atoms with Crippen molar-refractivity contribution in [2.45, 2.75) is 6.18 Å². The lowest BCUT2D eigenvalue weighted by molar-refractivity contribution is -0.137. The van der Waals surface area contributed by atoms with Crippen molar-refractivity contribution >= 4 is 22.5 Å². The van der Waals surface area contributed by atoms with Crippen LogP contribution in [0.3, 0.4) is 0 Å². The molecule has 0 aromatic carbocycles.